The zero-order valence-electron chi connectivity index (χ0n) is 19.8. The highest BCUT2D eigenvalue weighted by molar-refractivity contribution is 6.30. The van der Waals surface area contributed by atoms with Crippen molar-refractivity contribution in [2.45, 2.75) is 44.7 Å². The number of benzene rings is 2. The molecule has 0 saturated carbocycles. The highest BCUT2D eigenvalue weighted by Gasteiger charge is 2.32. The lowest BCUT2D eigenvalue weighted by Crippen LogP contribution is -2.50. The average molecular weight is 470 g/mol. The highest BCUT2D eigenvalue weighted by Crippen LogP contribution is 2.36. The number of hydrogen-bond donors (Lipinski definition) is 1. The largest absolute Gasteiger partial charge is 0.315 e. The third-order valence-electron chi connectivity index (χ3n) is 7.22. The third kappa shape index (κ3) is 5.53. The van der Waals surface area contributed by atoms with Crippen molar-refractivity contribution in [2.24, 2.45) is 5.92 Å². The van der Waals surface area contributed by atoms with E-state index in [0.717, 1.165) is 46.4 Å². The number of rotatable bonds is 3. The topological polar surface area (TPSA) is 28.2 Å². The van der Waals surface area contributed by atoms with Crippen LogP contribution in [0.4, 0.5) is 0 Å². The molecule has 1 N–H and O–H groups in total. The lowest BCUT2D eigenvalue weighted by Gasteiger charge is -2.45. The van der Waals surface area contributed by atoms with Crippen LogP contribution in [0.15, 0.2) is 66.9 Å². The smallest absolute Gasteiger partial charge is 0.113 e. The molecule has 3 nitrogen and oxygen atoms in total. The highest BCUT2D eigenvalue weighted by atomic mass is 35.5. The van der Waals surface area contributed by atoms with Gasteiger partial charge in [-0.15, -0.1) is 0 Å². The molecular weight excluding hydrogens is 438 g/mol. The SMILES string of the molecule is CC1CCN(C2CCCNC2)C(c2ccc(C#Cc3ccc(-c4ccc(Cl)cc4)cn3)cc2)C1. The molecular formula is C30H32ClN3. The van der Waals surface area contributed by atoms with Gasteiger partial charge in [-0.1, -0.05) is 54.8 Å². The lowest BCUT2D eigenvalue weighted by molar-refractivity contribution is 0.0587. The summed E-state index contributed by atoms with van der Waals surface area (Å²) in [5, 5.41) is 4.34. The molecule has 1 aromatic heterocycles. The molecule has 2 aromatic carbocycles. The Morgan fingerprint density at radius 3 is 2.44 bits per heavy atom. The maximum atomic E-state index is 5.99. The Kier molecular flexibility index (Phi) is 7.30. The van der Waals surface area contributed by atoms with Gasteiger partial charge in [0, 0.05) is 41.0 Å². The third-order valence-corrected chi connectivity index (χ3v) is 7.47. The van der Waals surface area contributed by atoms with E-state index in [0.29, 0.717) is 12.1 Å². The maximum Gasteiger partial charge on any atom is 0.113 e. The molecule has 0 spiro atoms. The van der Waals surface area contributed by atoms with Crippen molar-refractivity contribution >= 4 is 11.6 Å². The van der Waals surface area contributed by atoms with Crippen LogP contribution in [0, 0.1) is 17.8 Å². The van der Waals surface area contributed by atoms with E-state index in [9.17, 15) is 0 Å². The standard InChI is InChI=1S/C30H32ClN3/c1-22-16-18-34(29-3-2-17-32-21-29)30(19-22)25-7-4-23(5-8-25)6-14-28-15-11-26(20-33-28)24-9-12-27(31)13-10-24/h4-5,7-13,15,20,22,29-30,32H,2-3,16-19,21H2,1H3. The van der Waals surface area contributed by atoms with Crippen molar-refractivity contribution < 1.29 is 0 Å². The van der Waals surface area contributed by atoms with Crippen LogP contribution in [-0.2, 0) is 0 Å². The van der Waals surface area contributed by atoms with Gasteiger partial charge < -0.3 is 5.32 Å². The minimum atomic E-state index is 0.512. The number of likely N-dealkylation sites (tertiary alicyclic amines) is 1. The number of halogens is 1. The Bertz CT molecular complexity index is 1140. The Balaban J connectivity index is 1.28. The summed E-state index contributed by atoms with van der Waals surface area (Å²) >= 11 is 5.99. The van der Waals surface area contributed by atoms with Crippen molar-refractivity contribution in [1.82, 2.24) is 15.2 Å². The zero-order chi connectivity index (χ0) is 23.3. The first-order valence-corrected chi connectivity index (χ1v) is 12.8. The van der Waals surface area contributed by atoms with Crippen LogP contribution in [0.5, 0.6) is 0 Å². The molecule has 0 bridgehead atoms. The Morgan fingerprint density at radius 1 is 0.941 bits per heavy atom. The maximum absolute atomic E-state index is 5.99. The summed E-state index contributed by atoms with van der Waals surface area (Å²) in [4.78, 5) is 7.30. The first-order valence-electron chi connectivity index (χ1n) is 12.5. The number of aromatic nitrogens is 1. The second-order valence-electron chi connectivity index (χ2n) is 9.69. The Hall–Kier alpha value is -2.64. The van der Waals surface area contributed by atoms with Crippen molar-refractivity contribution in [2.75, 3.05) is 19.6 Å². The van der Waals surface area contributed by atoms with Gasteiger partial charge in [-0.05, 0) is 92.1 Å². The van der Waals surface area contributed by atoms with Gasteiger partial charge >= 0.3 is 0 Å². The molecule has 3 unspecified atom stereocenters. The van der Waals surface area contributed by atoms with E-state index in [4.69, 9.17) is 11.6 Å². The molecule has 2 fully saturated rings. The Labute approximate surface area is 208 Å². The summed E-state index contributed by atoms with van der Waals surface area (Å²) in [6.45, 7) is 5.89. The average Bonchev–Trinajstić information content (AvgIpc) is 2.89. The molecule has 2 aliphatic rings. The Morgan fingerprint density at radius 2 is 1.74 bits per heavy atom. The predicted molar refractivity (Wildman–Crippen MR) is 141 cm³/mol. The molecule has 5 rings (SSSR count). The second-order valence-corrected chi connectivity index (χ2v) is 10.1. The lowest BCUT2D eigenvalue weighted by atomic mass is 9.86. The number of nitrogens with one attached hydrogen (secondary N) is 1. The monoisotopic (exact) mass is 469 g/mol. The van der Waals surface area contributed by atoms with Gasteiger partial charge in [0.25, 0.3) is 0 Å². The van der Waals surface area contributed by atoms with Crippen LogP contribution < -0.4 is 5.32 Å². The fourth-order valence-electron chi connectivity index (χ4n) is 5.25. The van der Waals surface area contributed by atoms with Crippen LogP contribution in [0.25, 0.3) is 11.1 Å². The second kappa shape index (κ2) is 10.7. The summed E-state index contributed by atoms with van der Waals surface area (Å²) in [5.74, 6) is 7.28. The molecule has 2 saturated heterocycles. The molecule has 4 heteroatoms. The van der Waals surface area contributed by atoms with Crippen molar-refractivity contribution in [3.63, 3.8) is 0 Å². The number of nitrogens with zero attached hydrogens (tertiary/aromatic N) is 2. The summed E-state index contributed by atoms with van der Waals surface area (Å²) in [6, 6.07) is 21.9. The molecule has 3 atom stereocenters. The van der Waals surface area contributed by atoms with E-state index in [1.54, 1.807) is 0 Å². The van der Waals surface area contributed by atoms with E-state index in [-0.39, 0.29) is 0 Å². The van der Waals surface area contributed by atoms with Gasteiger partial charge in [0.2, 0.25) is 0 Å². The first-order chi connectivity index (χ1) is 16.7. The van der Waals surface area contributed by atoms with E-state index in [1.807, 2.05) is 36.5 Å². The molecule has 0 aliphatic carbocycles. The van der Waals surface area contributed by atoms with E-state index in [2.05, 4.69) is 64.3 Å². The number of pyridine rings is 1. The molecule has 0 amide bonds. The number of hydrogen-bond acceptors (Lipinski definition) is 3. The molecule has 2 aliphatic heterocycles. The van der Waals surface area contributed by atoms with Crippen molar-refractivity contribution in [3.8, 4) is 23.0 Å². The van der Waals surface area contributed by atoms with Crippen LogP contribution in [0.2, 0.25) is 5.02 Å². The number of piperidine rings is 2. The minimum absolute atomic E-state index is 0.512. The van der Waals surface area contributed by atoms with Crippen molar-refractivity contribution in [1.29, 1.82) is 0 Å². The quantitative estimate of drug-likeness (QED) is 0.454. The van der Waals surface area contributed by atoms with Gasteiger partial charge in [-0.3, -0.25) is 4.90 Å². The summed E-state index contributed by atoms with van der Waals surface area (Å²) in [5.41, 5.74) is 5.39. The molecule has 34 heavy (non-hydrogen) atoms. The van der Waals surface area contributed by atoms with E-state index < -0.39 is 0 Å². The van der Waals surface area contributed by atoms with Crippen LogP contribution in [0.3, 0.4) is 0 Å². The van der Waals surface area contributed by atoms with Gasteiger partial charge in [-0.2, -0.15) is 0 Å². The summed E-state index contributed by atoms with van der Waals surface area (Å²) < 4.78 is 0. The minimum Gasteiger partial charge on any atom is -0.315 e. The first kappa shape index (κ1) is 23.1. The van der Waals surface area contributed by atoms with E-state index >= 15 is 0 Å². The van der Waals surface area contributed by atoms with Crippen LogP contribution in [-0.4, -0.2) is 35.6 Å². The van der Waals surface area contributed by atoms with Crippen LogP contribution in [0.1, 0.15) is 55.5 Å². The zero-order valence-corrected chi connectivity index (χ0v) is 20.6. The molecule has 3 heterocycles. The fourth-order valence-corrected chi connectivity index (χ4v) is 5.37. The van der Waals surface area contributed by atoms with Gasteiger partial charge in [0.1, 0.15) is 5.69 Å². The molecule has 0 radical (unpaired) electrons. The normalized spacial score (nSPS) is 23.2. The van der Waals surface area contributed by atoms with Crippen LogP contribution >= 0.6 is 11.6 Å². The van der Waals surface area contributed by atoms with Gasteiger partial charge in [0.15, 0.2) is 0 Å². The molecule has 3 aromatic rings. The predicted octanol–water partition coefficient (Wildman–Crippen LogP) is 6.33. The van der Waals surface area contributed by atoms with Gasteiger partial charge in [-0.25, -0.2) is 4.98 Å². The molecule has 174 valence electrons. The van der Waals surface area contributed by atoms with Crippen molar-refractivity contribution in [3.05, 3.63) is 88.7 Å². The van der Waals surface area contributed by atoms with Gasteiger partial charge in [0.05, 0.1) is 0 Å². The fraction of sp³-hybridized carbons (Fsp3) is 0.367. The van der Waals surface area contributed by atoms with E-state index in [1.165, 1.54) is 37.8 Å². The summed E-state index contributed by atoms with van der Waals surface area (Å²) in [6.07, 6.45) is 7.01. The summed E-state index contributed by atoms with van der Waals surface area (Å²) in [7, 11) is 0.